The number of azo groups is 1. The molecule has 150 valence electrons. The first-order valence-electron chi connectivity index (χ1n) is 10.1. The van der Waals surface area contributed by atoms with E-state index in [1.807, 2.05) is 127 Å². The summed E-state index contributed by atoms with van der Waals surface area (Å²) in [6.45, 7) is 0. The third-order valence-corrected chi connectivity index (χ3v) is 4.79. The van der Waals surface area contributed by atoms with Crippen LogP contribution in [0.1, 0.15) is 22.3 Å². The molecule has 0 unspecified atom stereocenters. The van der Waals surface area contributed by atoms with Crippen LogP contribution in [0.15, 0.2) is 114 Å². The number of hydrogen-bond donors (Lipinski definition) is 0. The van der Waals surface area contributed by atoms with E-state index in [2.05, 4.69) is 5.11 Å². The number of nitrogens with zero attached hydrogens (tertiary/aromatic N) is 2. The van der Waals surface area contributed by atoms with E-state index in [1.165, 1.54) is 0 Å². The van der Waals surface area contributed by atoms with Crippen LogP contribution in [0.3, 0.4) is 0 Å². The maximum atomic E-state index is 13.0. The molecule has 31 heavy (non-hydrogen) atoms. The summed E-state index contributed by atoms with van der Waals surface area (Å²) in [5.41, 5.74) is 4.96. The van der Waals surface area contributed by atoms with E-state index in [4.69, 9.17) is 0 Å². The van der Waals surface area contributed by atoms with E-state index in [0.717, 1.165) is 22.3 Å². The van der Waals surface area contributed by atoms with Crippen LogP contribution in [-0.2, 0) is 0 Å². The molecular formula is C28H22N2O. The van der Waals surface area contributed by atoms with Crippen LogP contribution in [0, 0.1) is 5.21 Å². The first-order chi connectivity index (χ1) is 15.3. The average Bonchev–Trinajstić information content (AvgIpc) is 2.83. The van der Waals surface area contributed by atoms with Crippen molar-refractivity contribution in [3.63, 3.8) is 0 Å². The van der Waals surface area contributed by atoms with Crippen LogP contribution < -0.4 is 0 Å². The Morgan fingerprint density at radius 2 is 1.00 bits per heavy atom. The highest BCUT2D eigenvalue weighted by Gasteiger charge is 2.10. The fourth-order valence-corrected chi connectivity index (χ4v) is 3.17. The molecule has 0 aliphatic rings. The van der Waals surface area contributed by atoms with Gasteiger partial charge in [0.05, 0.1) is 5.56 Å². The monoisotopic (exact) mass is 402 g/mol. The Balaban J connectivity index is 1.64. The fourth-order valence-electron chi connectivity index (χ4n) is 3.17. The van der Waals surface area contributed by atoms with Crippen LogP contribution in [0.4, 0.5) is 11.4 Å². The molecule has 0 atom stereocenters. The van der Waals surface area contributed by atoms with Crippen molar-refractivity contribution in [2.75, 3.05) is 0 Å². The summed E-state index contributed by atoms with van der Waals surface area (Å²) in [6, 6.07) is 35.1. The Kier molecular flexibility index (Phi) is 6.46. The van der Waals surface area contributed by atoms with Gasteiger partial charge >= 0.3 is 0 Å². The van der Waals surface area contributed by atoms with Gasteiger partial charge < -0.3 is 5.21 Å². The van der Waals surface area contributed by atoms with Gasteiger partial charge in [-0.2, -0.15) is 0 Å². The molecule has 0 amide bonds. The SMILES string of the molecule is [O-][N+](=Nc1ccccc1C=Cc1ccccc1)c1ccccc1C=Cc1ccccc1. The Morgan fingerprint density at radius 1 is 0.516 bits per heavy atom. The van der Waals surface area contributed by atoms with Gasteiger partial charge in [0, 0.05) is 16.7 Å². The van der Waals surface area contributed by atoms with Crippen molar-refractivity contribution in [2.24, 2.45) is 5.11 Å². The van der Waals surface area contributed by atoms with Crippen molar-refractivity contribution in [1.29, 1.82) is 0 Å². The molecule has 4 rings (SSSR count). The standard InChI is InChI=1S/C28H22N2O/c31-30(28-18-10-8-16-26(28)22-20-24-13-5-2-6-14-24)29-27-17-9-7-15-25(27)21-19-23-11-3-1-4-12-23/h1-22H. The summed E-state index contributed by atoms with van der Waals surface area (Å²) in [7, 11) is 0. The molecule has 0 aromatic heterocycles. The summed E-state index contributed by atoms with van der Waals surface area (Å²) < 4.78 is 0. The van der Waals surface area contributed by atoms with E-state index in [0.29, 0.717) is 16.2 Å². The average molecular weight is 402 g/mol. The number of hydrogen-bond acceptors (Lipinski definition) is 2. The van der Waals surface area contributed by atoms with E-state index in [1.54, 1.807) is 6.07 Å². The Bertz CT molecular complexity index is 1230. The summed E-state index contributed by atoms with van der Waals surface area (Å²) in [5.74, 6) is 0. The van der Waals surface area contributed by atoms with Crippen LogP contribution in [0.25, 0.3) is 24.3 Å². The van der Waals surface area contributed by atoms with Gasteiger partial charge in [-0.1, -0.05) is 109 Å². The Morgan fingerprint density at radius 3 is 1.65 bits per heavy atom. The van der Waals surface area contributed by atoms with Gasteiger partial charge in [-0.15, -0.1) is 0 Å². The quantitative estimate of drug-likeness (QED) is 0.139. The zero-order chi connectivity index (χ0) is 21.3. The summed E-state index contributed by atoms with van der Waals surface area (Å²) in [6.07, 6.45) is 7.92. The van der Waals surface area contributed by atoms with Gasteiger partial charge in [-0.3, -0.25) is 0 Å². The highest BCUT2D eigenvalue weighted by Crippen LogP contribution is 2.26. The predicted molar refractivity (Wildman–Crippen MR) is 129 cm³/mol. The molecule has 3 nitrogen and oxygen atoms in total. The third-order valence-electron chi connectivity index (χ3n) is 4.79. The number of para-hydroxylation sites is 1. The largest absolute Gasteiger partial charge is 0.594 e. The van der Waals surface area contributed by atoms with Crippen molar-refractivity contribution in [1.82, 2.24) is 0 Å². The van der Waals surface area contributed by atoms with Gasteiger partial charge in [-0.05, 0) is 34.2 Å². The highest BCUT2D eigenvalue weighted by atomic mass is 16.5. The number of rotatable bonds is 6. The highest BCUT2D eigenvalue weighted by molar-refractivity contribution is 5.76. The van der Waals surface area contributed by atoms with Crippen LogP contribution in [0.2, 0.25) is 0 Å². The molecule has 0 saturated heterocycles. The van der Waals surface area contributed by atoms with Gasteiger partial charge in [0.2, 0.25) is 0 Å². The van der Waals surface area contributed by atoms with Gasteiger partial charge in [0.15, 0.2) is 0 Å². The molecule has 3 heteroatoms. The molecule has 4 aromatic carbocycles. The minimum Gasteiger partial charge on any atom is -0.594 e. The first kappa shape index (κ1) is 20.0. The molecule has 0 aliphatic carbocycles. The van der Waals surface area contributed by atoms with Crippen molar-refractivity contribution >= 4 is 35.7 Å². The molecule has 0 fully saturated rings. The van der Waals surface area contributed by atoms with Gasteiger partial charge in [-0.25, -0.2) is 0 Å². The van der Waals surface area contributed by atoms with E-state index in [9.17, 15) is 5.21 Å². The lowest BCUT2D eigenvalue weighted by atomic mass is 10.1. The summed E-state index contributed by atoms with van der Waals surface area (Å²) >= 11 is 0. The normalized spacial score (nSPS) is 11.9. The zero-order valence-electron chi connectivity index (χ0n) is 17.0. The van der Waals surface area contributed by atoms with Crippen LogP contribution >= 0.6 is 0 Å². The molecule has 0 heterocycles. The second kappa shape index (κ2) is 9.99. The van der Waals surface area contributed by atoms with Crippen LogP contribution in [-0.4, -0.2) is 4.86 Å². The lowest BCUT2D eigenvalue weighted by Gasteiger charge is -2.05. The summed E-state index contributed by atoms with van der Waals surface area (Å²) in [4.78, 5) is 0.694. The van der Waals surface area contributed by atoms with E-state index >= 15 is 0 Å². The lowest BCUT2D eigenvalue weighted by Crippen LogP contribution is -1.93. The zero-order valence-corrected chi connectivity index (χ0v) is 17.0. The molecule has 0 radical (unpaired) electrons. The minimum atomic E-state index is 0.497. The maximum Gasteiger partial charge on any atom is 0.252 e. The smallest absolute Gasteiger partial charge is 0.252 e. The Hall–Kier alpha value is -4.24. The molecule has 0 spiro atoms. The second-order valence-corrected chi connectivity index (χ2v) is 6.98. The summed E-state index contributed by atoms with van der Waals surface area (Å²) in [5, 5.41) is 17.3. The third kappa shape index (κ3) is 5.43. The maximum absolute atomic E-state index is 13.0. The molecule has 0 aliphatic heterocycles. The van der Waals surface area contributed by atoms with Crippen molar-refractivity contribution in [3.05, 3.63) is 137 Å². The fraction of sp³-hybridized carbons (Fsp3) is 0. The van der Waals surface area contributed by atoms with Gasteiger partial charge in [0.25, 0.3) is 5.69 Å². The van der Waals surface area contributed by atoms with Gasteiger partial charge in [0.1, 0.15) is 5.69 Å². The van der Waals surface area contributed by atoms with Crippen LogP contribution in [0.5, 0.6) is 0 Å². The molecule has 0 bridgehead atoms. The lowest BCUT2D eigenvalue weighted by molar-refractivity contribution is -0.435. The Labute approximate surface area is 182 Å². The van der Waals surface area contributed by atoms with Crippen molar-refractivity contribution in [2.45, 2.75) is 0 Å². The second-order valence-electron chi connectivity index (χ2n) is 6.98. The first-order valence-corrected chi connectivity index (χ1v) is 10.1. The molecule has 0 saturated carbocycles. The number of benzene rings is 4. The van der Waals surface area contributed by atoms with E-state index < -0.39 is 0 Å². The minimum absolute atomic E-state index is 0.497. The topological polar surface area (TPSA) is 38.4 Å². The molecular weight excluding hydrogens is 380 g/mol. The van der Waals surface area contributed by atoms with Crippen molar-refractivity contribution < 1.29 is 4.86 Å². The molecule has 0 N–H and O–H groups in total. The predicted octanol–water partition coefficient (Wildman–Crippen LogP) is 7.95. The van der Waals surface area contributed by atoms with E-state index in [-0.39, 0.29) is 0 Å². The van der Waals surface area contributed by atoms with Crippen molar-refractivity contribution in [3.8, 4) is 0 Å². The molecule has 4 aromatic rings.